The Hall–Kier alpha value is -1.80. The third kappa shape index (κ3) is 4.67. The first-order chi connectivity index (χ1) is 12.7. The molecule has 1 aromatic carbocycles. The molecule has 0 N–H and O–H groups in total. The summed E-state index contributed by atoms with van der Waals surface area (Å²) in [5.41, 5.74) is 1.22. The fraction of sp³-hybridized carbons (Fsp3) is 0.368. The van der Waals surface area contributed by atoms with E-state index in [-0.39, 0.29) is 0 Å². The van der Waals surface area contributed by atoms with Gasteiger partial charge in [-0.1, -0.05) is 36.4 Å². The largest absolute Gasteiger partial charge is 0.385 e. The molecule has 0 amide bonds. The summed E-state index contributed by atoms with van der Waals surface area (Å²) in [6, 6.07) is 14.5. The highest BCUT2D eigenvalue weighted by Crippen LogP contribution is 2.24. The predicted octanol–water partition coefficient (Wildman–Crippen LogP) is 4.12. The monoisotopic (exact) mass is 388 g/mol. The van der Waals surface area contributed by atoms with Gasteiger partial charge in [0, 0.05) is 20.3 Å². The Bertz CT molecular complexity index is 856. The first kappa shape index (κ1) is 19.0. The Morgan fingerprint density at radius 2 is 2.00 bits per heavy atom. The lowest BCUT2D eigenvalue weighted by atomic mass is 10.2. The number of rotatable bonds is 9. The summed E-state index contributed by atoms with van der Waals surface area (Å²) in [5.74, 6) is 0.930. The number of ether oxygens (including phenoxy) is 1. The molecule has 0 saturated heterocycles. The molecule has 2 heterocycles. The molecule has 3 rings (SSSR count). The summed E-state index contributed by atoms with van der Waals surface area (Å²) >= 11 is 7.44. The van der Waals surface area contributed by atoms with Crippen LogP contribution >= 0.6 is 23.6 Å². The Labute approximate surface area is 163 Å². The molecule has 0 bridgehead atoms. The van der Waals surface area contributed by atoms with Crippen LogP contribution in [0.2, 0.25) is 0 Å². The number of hydrogen-bond donors (Lipinski definition) is 0. The van der Waals surface area contributed by atoms with Crippen LogP contribution in [0.3, 0.4) is 0 Å². The van der Waals surface area contributed by atoms with Crippen molar-refractivity contribution in [3.05, 3.63) is 58.2 Å². The highest BCUT2D eigenvalue weighted by molar-refractivity contribution is 7.71. The zero-order chi connectivity index (χ0) is 18.4. The van der Waals surface area contributed by atoms with Gasteiger partial charge in [-0.3, -0.25) is 9.47 Å². The molecule has 5 nitrogen and oxygen atoms in total. The first-order valence-corrected chi connectivity index (χ1v) is 9.90. The van der Waals surface area contributed by atoms with Crippen LogP contribution in [0.1, 0.15) is 12.0 Å². The molecule has 0 aliphatic carbocycles. The Morgan fingerprint density at radius 1 is 1.19 bits per heavy atom. The average Bonchev–Trinajstić information content (AvgIpc) is 3.27. The van der Waals surface area contributed by atoms with Crippen molar-refractivity contribution in [2.45, 2.75) is 19.6 Å². The normalized spacial score (nSPS) is 11.3. The molecule has 0 radical (unpaired) electrons. The van der Waals surface area contributed by atoms with E-state index in [1.807, 2.05) is 16.8 Å². The minimum Gasteiger partial charge on any atom is -0.385 e. The predicted molar refractivity (Wildman–Crippen MR) is 109 cm³/mol. The van der Waals surface area contributed by atoms with Gasteiger partial charge in [0.15, 0.2) is 10.6 Å². The molecule has 0 atom stereocenters. The average molecular weight is 389 g/mol. The van der Waals surface area contributed by atoms with E-state index in [0.29, 0.717) is 6.67 Å². The number of methoxy groups -OCH3 is 1. The van der Waals surface area contributed by atoms with E-state index in [0.717, 1.165) is 41.6 Å². The maximum absolute atomic E-state index is 5.76. The Morgan fingerprint density at radius 3 is 2.69 bits per heavy atom. The number of thiophene rings is 1. The van der Waals surface area contributed by atoms with Crippen LogP contribution in [-0.4, -0.2) is 46.6 Å². The second-order valence-corrected chi connectivity index (χ2v) is 7.54. The molecule has 138 valence electrons. The van der Waals surface area contributed by atoms with Crippen molar-refractivity contribution in [2.24, 2.45) is 0 Å². The van der Waals surface area contributed by atoms with Crippen molar-refractivity contribution in [3.8, 4) is 10.7 Å². The smallest absolute Gasteiger partial charge is 0.199 e. The van der Waals surface area contributed by atoms with Crippen LogP contribution in [0.4, 0.5) is 0 Å². The van der Waals surface area contributed by atoms with E-state index in [2.05, 4.69) is 52.2 Å². The van der Waals surface area contributed by atoms with Crippen LogP contribution in [0, 0.1) is 4.77 Å². The third-order valence-electron chi connectivity index (χ3n) is 4.11. The molecule has 0 aliphatic heterocycles. The molecule has 0 saturated carbocycles. The van der Waals surface area contributed by atoms with E-state index >= 15 is 0 Å². The minimum atomic E-state index is 0.669. The maximum atomic E-state index is 5.76. The maximum Gasteiger partial charge on any atom is 0.199 e. The van der Waals surface area contributed by atoms with Crippen molar-refractivity contribution in [1.29, 1.82) is 0 Å². The van der Waals surface area contributed by atoms with Crippen LogP contribution in [0.15, 0.2) is 47.8 Å². The summed E-state index contributed by atoms with van der Waals surface area (Å²) in [7, 11) is 3.81. The molecule has 0 unspecified atom stereocenters. The molecule has 26 heavy (non-hydrogen) atoms. The van der Waals surface area contributed by atoms with E-state index < -0.39 is 0 Å². The molecular weight excluding hydrogens is 364 g/mol. The SMILES string of the molecule is COCCCN(C)Cn1nc(-c2cccs2)n(Cc2ccccc2)c1=S. The van der Waals surface area contributed by atoms with Crippen LogP contribution in [0.5, 0.6) is 0 Å². The minimum absolute atomic E-state index is 0.669. The van der Waals surface area contributed by atoms with Gasteiger partial charge in [0.25, 0.3) is 0 Å². The van der Waals surface area contributed by atoms with Gasteiger partial charge in [-0.25, -0.2) is 4.68 Å². The van der Waals surface area contributed by atoms with Gasteiger partial charge in [0.05, 0.1) is 18.1 Å². The van der Waals surface area contributed by atoms with Crippen molar-refractivity contribution >= 4 is 23.6 Å². The van der Waals surface area contributed by atoms with Crippen molar-refractivity contribution in [3.63, 3.8) is 0 Å². The lowest BCUT2D eigenvalue weighted by molar-refractivity contribution is 0.168. The zero-order valence-electron chi connectivity index (χ0n) is 15.2. The third-order valence-corrected chi connectivity index (χ3v) is 5.41. The van der Waals surface area contributed by atoms with Crippen LogP contribution in [-0.2, 0) is 18.0 Å². The summed E-state index contributed by atoms with van der Waals surface area (Å²) < 4.78 is 9.92. The topological polar surface area (TPSA) is 35.2 Å². The number of aromatic nitrogens is 3. The fourth-order valence-electron chi connectivity index (χ4n) is 2.81. The second kappa shape index (κ2) is 9.23. The molecule has 2 aromatic heterocycles. The van der Waals surface area contributed by atoms with Gasteiger partial charge in [0.1, 0.15) is 0 Å². The van der Waals surface area contributed by atoms with Crippen LogP contribution < -0.4 is 0 Å². The number of nitrogens with zero attached hydrogens (tertiary/aromatic N) is 4. The second-order valence-electron chi connectivity index (χ2n) is 6.22. The van der Waals surface area contributed by atoms with E-state index in [1.54, 1.807) is 18.4 Å². The standard InChI is InChI=1S/C19H24N4OS2/c1-21(11-7-12-24-2)15-23-19(25)22(14-16-8-4-3-5-9-16)18(20-23)17-10-6-13-26-17/h3-6,8-10,13H,7,11-12,14-15H2,1-2H3. The van der Waals surface area contributed by atoms with Crippen molar-refractivity contribution in [1.82, 2.24) is 19.2 Å². The van der Waals surface area contributed by atoms with Crippen molar-refractivity contribution < 1.29 is 4.74 Å². The highest BCUT2D eigenvalue weighted by atomic mass is 32.1. The zero-order valence-corrected chi connectivity index (χ0v) is 16.8. The van der Waals surface area contributed by atoms with Gasteiger partial charge >= 0.3 is 0 Å². The molecular formula is C19H24N4OS2. The highest BCUT2D eigenvalue weighted by Gasteiger charge is 2.15. The number of hydrogen-bond acceptors (Lipinski definition) is 5. The summed E-state index contributed by atoms with van der Waals surface area (Å²) in [6.45, 7) is 3.09. The summed E-state index contributed by atoms with van der Waals surface area (Å²) in [6.07, 6.45) is 0.989. The molecule has 0 aliphatic rings. The van der Waals surface area contributed by atoms with Gasteiger partial charge in [-0.05, 0) is 42.7 Å². The van der Waals surface area contributed by atoms with Crippen molar-refractivity contribution in [2.75, 3.05) is 27.3 Å². The molecule has 0 fully saturated rings. The molecule has 0 spiro atoms. The fourth-order valence-corrected chi connectivity index (χ4v) is 3.77. The Balaban J connectivity index is 1.87. The van der Waals surface area contributed by atoms with Gasteiger partial charge in [-0.15, -0.1) is 16.4 Å². The van der Waals surface area contributed by atoms with Gasteiger partial charge < -0.3 is 4.74 Å². The van der Waals surface area contributed by atoms with E-state index in [9.17, 15) is 0 Å². The lowest BCUT2D eigenvalue weighted by Gasteiger charge is -2.15. The van der Waals surface area contributed by atoms with Crippen LogP contribution in [0.25, 0.3) is 10.7 Å². The molecule has 7 heteroatoms. The quantitative estimate of drug-likeness (QED) is 0.408. The first-order valence-electron chi connectivity index (χ1n) is 8.62. The lowest BCUT2D eigenvalue weighted by Crippen LogP contribution is -2.24. The van der Waals surface area contributed by atoms with Gasteiger partial charge in [0.2, 0.25) is 0 Å². The summed E-state index contributed by atoms with van der Waals surface area (Å²) in [4.78, 5) is 3.35. The molecule has 3 aromatic rings. The number of benzene rings is 1. The van der Waals surface area contributed by atoms with E-state index in [4.69, 9.17) is 22.1 Å². The van der Waals surface area contributed by atoms with E-state index in [1.165, 1.54) is 5.56 Å². The van der Waals surface area contributed by atoms with Gasteiger partial charge in [-0.2, -0.15) is 0 Å². The summed E-state index contributed by atoms with van der Waals surface area (Å²) in [5, 5.41) is 6.90. The Kier molecular flexibility index (Phi) is 6.73.